The van der Waals surface area contributed by atoms with Crippen LogP contribution in [0.15, 0.2) is 34.7 Å². The number of piperidine rings is 1. The number of morpholine rings is 1. The van der Waals surface area contributed by atoms with E-state index in [0.29, 0.717) is 50.5 Å². The predicted octanol–water partition coefficient (Wildman–Crippen LogP) is 2.49. The maximum absolute atomic E-state index is 13.2. The van der Waals surface area contributed by atoms with Gasteiger partial charge in [-0.05, 0) is 37.5 Å². The van der Waals surface area contributed by atoms with E-state index in [4.69, 9.17) is 4.74 Å². The minimum absolute atomic E-state index is 0.121. The van der Waals surface area contributed by atoms with Gasteiger partial charge in [0.2, 0.25) is 10.0 Å². The first-order valence-electron chi connectivity index (χ1n) is 9.84. The van der Waals surface area contributed by atoms with Crippen LogP contribution >= 0.6 is 11.3 Å². The topological polar surface area (TPSA) is 79.8 Å². The van der Waals surface area contributed by atoms with Crippen molar-refractivity contribution in [1.82, 2.24) is 14.2 Å². The molecule has 0 aliphatic carbocycles. The highest BCUT2D eigenvalue weighted by atomic mass is 32.2. The summed E-state index contributed by atoms with van der Waals surface area (Å²) in [5.74, 6) is 0.124. The van der Waals surface area contributed by atoms with Crippen LogP contribution in [0.1, 0.15) is 39.7 Å². The average molecular weight is 436 g/mol. The van der Waals surface area contributed by atoms with Gasteiger partial charge < -0.3 is 9.64 Å². The number of amides is 1. The zero-order chi connectivity index (χ0) is 20.4. The van der Waals surface area contributed by atoms with E-state index in [-0.39, 0.29) is 16.7 Å². The Bertz CT molecular complexity index is 970. The highest BCUT2D eigenvalue weighted by molar-refractivity contribution is 7.89. The van der Waals surface area contributed by atoms with Gasteiger partial charge in [-0.3, -0.25) is 4.79 Å². The lowest BCUT2D eigenvalue weighted by atomic mass is 9.98. The van der Waals surface area contributed by atoms with E-state index >= 15 is 0 Å². The Balaban J connectivity index is 1.57. The van der Waals surface area contributed by atoms with Crippen molar-refractivity contribution in [1.29, 1.82) is 0 Å². The third-order valence-corrected chi connectivity index (χ3v) is 8.51. The molecular formula is C20H25N3O4S2. The molecule has 2 aliphatic rings. The van der Waals surface area contributed by atoms with Gasteiger partial charge in [-0.15, -0.1) is 11.3 Å². The first-order valence-corrected chi connectivity index (χ1v) is 12.2. The smallest absolute Gasteiger partial charge is 0.253 e. The highest BCUT2D eigenvalue weighted by Gasteiger charge is 2.30. The van der Waals surface area contributed by atoms with Crippen LogP contribution in [-0.2, 0) is 14.8 Å². The molecule has 1 aromatic heterocycles. The molecule has 9 heteroatoms. The quantitative estimate of drug-likeness (QED) is 0.737. The van der Waals surface area contributed by atoms with E-state index in [1.807, 2.05) is 10.3 Å². The molecule has 0 spiro atoms. The summed E-state index contributed by atoms with van der Waals surface area (Å²) >= 11 is 1.62. The number of sulfonamides is 1. The summed E-state index contributed by atoms with van der Waals surface area (Å²) in [5, 5.41) is 3.01. The van der Waals surface area contributed by atoms with Crippen LogP contribution in [0.25, 0.3) is 0 Å². The van der Waals surface area contributed by atoms with Crippen molar-refractivity contribution in [2.45, 2.75) is 30.6 Å². The van der Waals surface area contributed by atoms with Crippen LogP contribution in [0.2, 0.25) is 0 Å². The monoisotopic (exact) mass is 435 g/mol. The number of aryl methyl sites for hydroxylation is 1. The van der Waals surface area contributed by atoms with Crippen molar-refractivity contribution < 1.29 is 17.9 Å². The van der Waals surface area contributed by atoms with Gasteiger partial charge in [0.05, 0.1) is 23.1 Å². The lowest BCUT2D eigenvalue weighted by Crippen LogP contribution is -2.41. The SMILES string of the molecule is Cc1ccc(C(=O)N2CCCC(c3nccs3)C2)cc1S(=O)(=O)N1CCOCC1. The molecule has 1 aromatic carbocycles. The molecule has 2 saturated heterocycles. The van der Waals surface area contributed by atoms with Gasteiger partial charge in [0.15, 0.2) is 0 Å². The summed E-state index contributed by atoms with van der Waals surface area (Å²) in [5.41, 5.74) is 1.06. The van der Waals surface area contributed by atoms with Crippen molar-refractivity contribution in [2.24, 2.45) is 0 Å². The summed E-state index contributed by atoms with van der Waals surface area (Å²) in [6.07, 6.45) is 3.73. The summed E-state index contributed by atoms with van der Waals surface area (Å²) in [6, 6.07) is 4.99. The first-order chi connectivity index (χ1) is 14.0. The summed E-state index contributed by atoms with van der Waals surface area (Å²) in [7, 11) is -3.65. The number of hydrogen-bond acceptors (Lipinski definition) is 6. The molecule has 1 unspecified atom stereocenters. The van der Waals surface area contributed by atoms with E-state index < -0.39 is 10.0 Å². The van der Waals surface area contributed by atoms with Crippen molar-refractivity contribution in [3.8, 4) is 0 Å². The second-order valence-corrected chi connectivity index (χ2v) is 10.3. The molecular weight excluding hydrogens is 410 g/mol. The van der Waals surface area contributed by atoms with Gasteiger partial charge in [-0.1, -0.05) is 6.07 Å². The fourth-order valence-corrected chi connectivity index (χ4v) is 6.35. The standard InChI is InChI=1S/C20H25N3O4S2/c1-15-4-5-16(13-18(15)29(25,26)23-8-10-27-11-9-23)20(24)22-7-2-3-17(14-22)19-21-6-12-28-19/h4-6,12-13,17H,2-3,7-11,14H2,1H3. The number of nitrogens with zero attached hydrogens (tertiary/aromatic N) is 3. The number of hydrogen-bond donors (Lipinski definition) is 0. The molecule has 2 aromatic rings. The number of likely N-dealkylation sites (tertiary alicyclic amines) is 1. The Morgan fingerprint density at radius 1 is 1.24 bits per heavy atom. The largest absolute Gasteiger partial charge is 0.379 e. The van der Waals surface area contributed by atoms with Crippen LogP contribution in [0, 0.1) is 6.92 Å². The summed E-state index contributed by atoms with van der Waals surface area (Å²) in [4.78, 5) is 19.6. The number of rotatable bonds is 4. The Morgan fingerprint density at radius 3 is 2.76 bits per heavy atom. The number of carbonyl (C=O) groups excluding carboxylic acids is 1. The van der Waals surface area contributed by atoms with Crippen LogP contribution in [-0.4, -0.2) is 67.9 Å². The molecule has 156 valence electrons. The van der Waals surface area contributed by atoms with Crippen LogP contribution in [0.4, 0.5) is 0 Å². The van der Waals surface area contributed by atoms with Crippen LogP contribution in [0.5, 0.6) is 0 Å². The lowest BCUT2D eigenvalue weighted by Gasteiger charge is -2.32. The van der Waals surface area contributed by atoms with Crippen LogP contribution < -0.4 is 0 Å². The normalized spacial score (nSPS) is 21.3. The van der Waals surface area contributed by atoms with Crippen molar-refractivity contribution in [2.75, 3.05) is 39.4 Å². The van der Waals surface area contributed by atoms with Gasteiger partial charge >= 0.3 is 0 Å². The Morgan fingerprint density at radius 2 is 2.03 bits per heavy atom. The molecule has 0 radical (unpaired) electrons. The van der Waals surface area contributed by atoms with E-state index in [2.05, 4.69) is 4.98 Å². The Kier molecular flexibility index (Phi) is 6.00. The number of thiazole rings is 1. The lowest BCUT2D eigenvalue weighted by molar-refractivity contribution is 0.0706. The van der Waals surface area contributed by atoms with E-state index in [9.17, 15) is 13.2 Å². The minimum atomic E-state index is -3.65. The summed E-state index contributed by atoms with van der Waals surface area (Å²) in [6.45, 7) is 4.52. The van der Waals surface area contributed by atoms with Gasteiger partial charge in [-0.2, -0.15) is 4.31 Å². The van der Waals surface area contributed by atoms with Gasteiger partial charge in [-0.25, -0.2) is 13.4 Å². The van der Waals surface area contributed by atoms with E-state index in [0.717, 1.165) is 17.8 Å². The molecule has 7 nitrogen and oxygen atoms in total. The number of carbonyl (C=O) groups is 1. The molecule has 3 heterocycles. The second kappa shape index (κ2) is 8.51. The fraction of sp³-hybridized carbons (Fsp3) is 0.500. The number of benzene rings is 1. The zero-order valence-corrected chi connectivity index (χ0v) is 18.0. The molecule has 0 saturated carbocycles. The predicted molar refractivity (Wildman–Crippen MR) is 111 cm³/mol. The molecule has 2 aliphatic heterocycles. The van der Waals surface area contributed by atoms with E-state index in [1.165, 1.54) is 10.4 Å². The molecule has 0 bridgehead atoms. The maximum atomic E-state index is 13.2. The fourth-order valence-electron chi connectivity index (χ4n) is 3.92. The van der Waals surface area contributed by atoms with Crippen molar-refractivity contribution in [3.05, 3.63) is 45.9 Å². The molecule has 2 fully saturated rings. The zero-order valence-electron chi connectivity index (χ0n) is 16.4. The Hall–Kier alpha value is -1.81. The third kappa shape index (κ3) is 4.23. The van der Waals surface area contributed by atoms with Gasteiger partial charge in [0.25, 0.3) is 5.91 Å². The molecule has 0 N–H and O–H groups in total. The molecule has 1 atom stereocenters. The van der Waals surface area contributed by atoms with E-state index in [1.54, 1.807) is 36.6 Å². The van der Waals surface area contributed by atoms with Crippen molar-refractivity contribution in [3.63, 3.8) is 0 Å². The third-order valence-electron chi connectivity index (χ3n) is 5.53. The summed E-state index contributed by atoms with van der Waals surface area (Å²) < 4.78 is 32.9. The van der Waals surface area contributed by atoms with Gasteiger partial charge in [0, 0.05) is 49.2 Å². The maximum Gasteiger partial charge on any atom is 0.253 e. The number of aromatic nitrogens is 1. The van der Waals surface area contributed by atoms with Crippen LogP contribution in [0.3, 0.4) is 0 Å². The minimum Gasteiger partial charge on any atom is -0.379 e. The first kappa shape index (κ1) is 20.5. The molecule has 29 heavy (non-hydrogen) atoms. The number of ether oxygens (including phenoxy) is 1. The molecule has 1 amide bonds. The van der Waals surface area contributed by atoms with Gasteiger partial charge in [0.1, 0.15) is 0 Å². The Labute approximate surface area is 175 Å². The average Bonchev–Trinajstić information content (AvgIpc) is 3.29. The highest BCUT2D eigenvalue weighted by Crippen LogP contribution is 2.30. The van der Waals surface area contributed by atoms with Crippen molar-refractivity contribution >= 4 is 27.3 Å². The molecule has 4 rings (SSSR count). The second-order valence-electron chi connectivity index (χ2n) is 7.46.